The Morgan fingerprint density at radius 3 is 2.95 bits per heavy atom. The van der Waals surface area contributed by atoms with Crippen molar-refractivity contribution in [3.05, 3.63) is 0 Å². The zero-order valence-electron chi connectivity index (χ0n) is 10.7. The van der Waals surface area contributed by atoms with Gasteiger partial charge in [-0.3, -0.25) is 15.4 Å². The van der Waals surface area contributed by atoms with Gasteiger partial charge in [0.1, 0.15) is 24.5 Å². The lowest BCUT2D eigenvalue weighted by molar-refractivity contribution is -0.123. The fourth-order valence-corrected chi connectivity index (χ4v) is 2.71. The fourth-order valence-electron chi connectivity index (χ4n) is 2.71. The third-order valence-electron chi connectivity index (χ3n) is 3.69. The summed E-state index contributed by atoms with van der Waals surface area (Å²) in [6.45, 7) is 0.175. The Balaban J connectivity index is 0.00000147. The standard InChI is InChI=1S/C10H17N5O4.H2O/c11-10-13-8-7(9(18)14-10)12-3-15(8)6-1-4(17)5(2-16)19-6;/h4-8,12,16-17H,1-3H2,(H3,11,13,14,18);1H2/t4-,5+,6+,7?,8?;/m0./s1. The summed E-state index contributed by atoms with van der Waals surface area (Å²) in [5.41, 5.74) is 5.56. The fraction of sp³-hybridized carbons (Fsp3) is 0.800. The average molecular weight is 289 g/mol. The number of nitrogens with zero attached hydrogens (tertiary/aromatic N) is 2. The van der Waals surface area contributed by atoms with Crippen LogP contribution in [0.3, 0.4) is 0 Å². The van der Waals surface area contributed by atoms with Crippen LogP contribution in [0.5, 0.6) is 0 Å². The Morgan fingerprint density at radius 1 is 1.55 bits per heavy atom. The minimum absolute atomic E-state index is 0. The van der Waals surface area contributed by atoms with Crippen LogP contribution < -0.4 is 16.4 Å². The van der Waals surface area contributed by atoms with Crippen LogP contribution in [0.25, 0.3) is 0 Å². The van der Waals surface area contributed by atoms with Gasteiger partial charge < -0.3 is 26.2 Å². The Labute approximate surface area is 114 Å². The van der Waals surface area contributed by atoms with Gasteiger partial charge in [-0.1, -0.05) is 0 Å². The molecule has 10 nitrogen and oxygen atoms in total. The number of nitrogens with two attached hydrogens (primary N) is 1. The van der Waals surface area contributed by atoms with Crippen molar-refractivity contribution in [3.8, 4) is 0 Å². The molecule has 0 aromatic carbocycles. The first kappa shape index (κ1) is 15.1. The zero-order valence-corrected chi connectivity index (χ0v) is 10.7. The number of guanidine groups is 1. The molecule has 0 aliphatic carbocycles. The van der Waals surface area contributed by atoms with Gasteiger partial charge in [-0.2, -0.15) is 0 Å². The second-order valence-electron chi connectivity index (χ2n) is 4.89. The SMILES string of the molecule is NC1=NC2C(NCN2[C@H]2C[C@H](O)[C@@H](CO)O2)C(=O)N1.O. The molecule has 3 aliphatic heterocycles. The van der Waals surface area contributed by atoms with Crippen LogP contribution in [0.15, 0.2) is 4.99 Å². The first-order valence-corrected chi connectivity index (χ1v) is 6.18. The number of aliphatic imine (C=N–C) groups is 1. The molecule has 2 unspecified atom stereocenters. The molecule has 0 spiro atoms. The van der Waals surface area contributed by atoms with Gasteiger partial charge in [0.15, 0.2) is 5.96 Å². The van der Waals surface area contributed by atoms with E-state index in [9.17, 15) is 9.90 Å². The van der Waals surface area contributed by atoms with E-state index in [-0.39, 0.29) is 23.9 Å². The highest BCUT2D eigenvalue weighted by molar-refractivity contribution is 6.01. The lowest BCUT2D eigenvalue weighted by Gasteiger charge is -2.30. The van der Waals surface area contributed by atoms with Gasteiger partial charge in [0, 0.05) is 6.42 Å². The van der Waals surface area contributed by atoms with Crippen molar-refractivity contribution in [2.45, 2.75) is 37.1 Å². The third-order valence-corrected chi connectivity index (χ3v) is 3.69. The van der Waals surface area contributed by atoms with Crippen LogP contribution in [0.4, 0.5) is 0 Å². The summed E-state index contributed by atoms with van der Waals surface area (Å²) in [4.78, 5) is 17.8. The summed E-state index contributed by atoms with van der Waals surface area (Å²) >= 11 is 0. The Bertz CT molecular complexity index is 419. The average Bonchev–Trinajstić information content (AvgIpc) is 2.92. The molecule has 5 atom stereocenters. The topological polar surface area (TPSA) is 164 Å². The minimum Gasteiger partial charge on any atom is -0.412 e. The van der Waals surface area contributed by atoms with Gasteiger partial charge in [-0.05, 0) is 0 Å². The van der Waals surface area contributed by atoms with Crippen LogP contribution in [-0.4, -0.2) is 76.4 Å². The molecule has 0 bridgehead atoms. The molecule has 0 radical (unpaired) electrons. The van der Waals surface area contributed by atoms with Crippen LogP contribution >= 0.6 is 0 Å². The summed E-state index contributed by atoms with van der Waals surface area (Å²) in [5.74, 6) is -0.144. The van der Waals surface area contributed by atoms with Crippen LogP contribution in [0, 0.1) is 0 Å². The van der Waals surface area contributed by atoms with E-state index < -0.39 is 30.6 Å². The zero-order chi connectivity index (χ0) is 13.6. The molecule has 3 aliphatic rings. The van der Waals surface area contributed by atoms with Crippen molar-refractivity contribution >= 4 is 11.9 Å². The van der Waals surface area contributed by atoms with Gasteiger partial charge in [-0.25, -0.2) is 9.89 Å². The van der Waals surface area contributed by atoms with Crippen LogP contribution in [0.2, 0.25) is 0 Å². The van der Waals surface area contributed by atoms with Crippen molar-refractivity contribution < 1.29 is 25.2 Å². The number of fused-ring (bicyclic) bond motifs is 1. The van der Waals surface area contributed by atoms with Gasteiger partial charge >= 0.3 is 0 Å². The molecule has 0 aromatic heterocycles. The highest BCUT2D eigenvalue weighted by Crippen LogP contribution is 2.28. The molecule has 0 aromatic rings. The molecule has 114 valence electrons. The Hall–Kier alpha value is -1.30. The highest BCUT2D eigenvalue weighted by Gasteiger charge is 2.47. The monoisotopic (exact) mass is 289 g/mol. The molecule has 3 rings (SSSR count). The maximum absolute atomic E-state index is 11.7. The van der Waals surface area contributed by atoms with E-state index in [0.717, 1.165) is 0 Å². The summed E-state index contributed by atoms with van der Waals surface area (Å²) in [6, 6.07) is -0.471. The van der Waals surface area contributed by atoms with Gasteiger partial charge in [0.05, 0.1) is 19.4 Å². The summed E-state index contributed by atoms with van der Waals surface area (Å²) in [7, 11) is 0. The molecule has 3 heterocycles. The predicted octanol–water partition coefficient (Wildman–Crippen LogP) is -4.37. The van der Waals surface area contributed by atoms with E-state index >= 15 is 0 Å². The highest BCUT2D eigenvalue weighted by atomic mass is 16.5. The Morgan fingerprint density at radius 2 is 2.30 bits per heavy atom. The minimum atomic E-state index is -0.715. The number of aliphatic hydroxyl groups excluding tert-OH is 2. The number of hydrogen-bond donors (Lipinski definition) is 5. The molecule has 20 heavy (non-hydrogen) atoms. The summed E-state index contributed by atoms with van der Waals surface area (Å²) in [6.07, 6.45) is -1.77. The summed E-state index contributed by atoms with van der Waals surface area (Å²) < 4.78 is 5.57. The second kappa shape index (κ2) is 5.60. The molecule has 1 amide bonds. The number of hydrogen-bond acceptors (Lipinski definition) is 8. The van der Waals surface area contributed by atoms with Crippen molar-refractivity contribution in [3.63, 3.8) is 0 Å². The normalized spacial score (nSPS) is 40.8. The molecular weight excluding hydrogens is 270 g/mol. The molecule has 2 saturated heterocycles. The van der Waals surface area contributed by atoms with E-state index in [1.54, 1.807) is 0 Å². The number of aliphatic hydroxyl groups is 2. The second-order valence-corrected chi connectivity index (χ2v) is 4.89. The Kier molecular flexibility index (Phi) is 4.22. The number of rotatable bonds is 2. The number of carbonyl (C=O) groups excluding carboxylic acids is 1. The van der Waals surface area contributed by atoms with Crippen molar-refractivity contribution in [1.29, 1.82) is 0 Å². The molecule has 10 heteroatoms. The predicted molar refractivity (Wildman–Crippen MR) is 67.2 cm³/mol. The smallest absolute Gasteiger partial charge is 0.247 e. The van der Waals surface area contributed by atoms with Gasteiger partial charge in [0.25, 0.3) is 0 Å². The number of amides is 1. The quantitative estimate of drug-likeness (QED) is 0.342. The van der Waals surface area contributed by atoms with E-state index in [2.05, 4.69) is 15.6 Å². The molecule has 0 saturated carbocycles. The van der Waals surface area contributed by atoms with Crippen molar-refractivity contribution in [2.75, 3.05) is 13.3 Å². The third kappa shape index (κ3) is 2.37. The van der Waals surface area contributed by atoms with Crippen molar-refractivity contribution in [2.24, 2.45) is 10.7 Å². The van der Waals surface area contributed by atoms with Crippen LogP contribution in [0.1, 0.15) is 6.42 Å². The number of carbonyl (C=O) groups is 1. The number of nitrogens with one attached hydrogen (secondary N) is 2. The van der Waals surface area contributed by atoms with E-state index in [0.29, 0.717) is 13.1 Å². The van der Waals surface area contributed by atoms with Crippen molar-refractivity contribution in [1.82, 2.24) is 15.5 Å². The van der Waals surface area contributed by atoms with Gasteiger partial charge in [-0.15, -0.1) is 0 Å². The lowest BCUT2D eigenvalue weighted by Crippen LogP contribution is -2.56. The first-order chi connectivity index (χ1) is 9.10. The number of ether oxygens (including phenoxy) is 1. The van der Waals surface area contributed by atoms with E-state index in [4.69, 9.17) is 15.6 Å². The van der Waals surface area contributed by atoms with E-state index in [1.165, 1.54) is 0 Å². The van der Waals surface area contributed by atoms with Crippen LogP contribution in [-0.2, 0) is 9.53 Å². The maximum Gasteiger partial charge on any atom is 0.247 e. The molecular formula is C10H19N5O5. The first-order valence-electron chi connectivity index (χ1n) is 6.18. The van der Waals surface area contributed by atoms with E-state index in [1.807, 2.05) is 4.90 Å². The molecule has 2 fully saturated rings. The van der Waals surface area contributed by atoms with Gasteiger partial charge in [0.2, 0.25) is 5.91 Å². The molecule has 8 N–H and O–H groups in total. The summed E-state index contributed by atoms with van der Waals surface area (Å²) in [5, 5.41) is 24.3. The lowest BCUT2D eigenvalue weighted by atomic mass is 10.1. The maximum atomic E-state index is 11.7. The largest absolute Gasteiger partial charge is 0.412 e.